The van der Waals surface area contributed by atoms with Gasteiger partial charge in [0.05, 0.1) is 0 Å². The van der Waals surface area contributed by atoms with Crippen molar-refractivity contribution in [2.45, 2.75) is 58.4 Å². The molecule has 1 aliphatic heterocycles. The Morgan fingerprint density at radius 2 is 1.41 bits per heavy atom. The Bertz CT molecular complexity index is 1800. The molecule has 0 aliphatic carbocycles. The average Bonchev–Trinajstić information content (AvgIpc) is 3.44. The lowest BCUT2D eigenvalue weighted by Gasteiger charge is -2.27. The molecule has 1 fully saturated rings. The van der Waals surface area contributed by atoms with Gasteiger partial charge in [0.15, 0.2) is 23.0 Å². The lowest BCUT2D eigenvalue weighted by Crippen LogP contribution is -2.31. The number of hydrogen-bond donors (Lipinski definition) is 5. The smallest absolute Gasteiger partial charge is 0.203 e. The molecule has 1 atom stereocenters. The van der Waals surface area contributed by atoms with E-state index in [4.69, 9.17) is 0 Å². The van der Waals surface area contributed by atoms with E-state index >= 15 is 0 Å². The average molecular weight is 597 g/mol. The Morgan fingerprint density at radius 3 is 2.20 bits per heavy atom. The van der Waals surface area contributed by atoms with Gasteiger partial charge in [0.1, 0.15) is 11.0 Å². The van der Waals surface area contributed by atoms with Crippen LogP contribution in [-0.2, 0) is 6.54 Å². The molecular formula is C35H40N4O5. The highest BCUT2D eigenvalue weighted by atomic mass is 16.3. The van der Waals surface area contributed by atoms with Crippen molar-refractivity contribution in [2.24, 2.45) is 5.92 Å². The van der Waals surface area contributed by atoms with E-state index in [9.17, 15) is 25.5 Å². The van der Waals surface area contributed by atoms with Crippen molar-refractivity contribution in [3.05, 3.63) is 55.1 Å². The van der Waals surface area contributed by atoms with Crippen LogP contribution in [0.15, 0.2) is 55.1 Å². The maximum absolute atomic E-state index is 11.2. The van der Waals surface area contributed by atoms with Crippen LogP contribution in [0.2, 0.25) is 0 Å². The van der Waals surface area contributed by atoms with Gasteiger partial charge in [-0.3, -0.25) is 9.97 Å². The van der Waals surface area contributed by atoms with Gasteiger partial charge in [-0.05, 0) is 62.0 Å². The zero-order valence-corrected chi connectivity index (χ0v) is 25.1. The van der Waals surface area contributed by atoms with Gasteiger partial charge in [0, 0.05) is 65.3 Å². The van der Waals surface area contributed by atoms with Crippen LogP contribution in [0.25, 0.3) is 44.1 Å². The summed E-state index contributed by atoms with van der Waals surface area (Å²) in [7, 11) is 0. The van der Waals surface area contributed by atoms with Crippen molar-refractivity contribution < 1.29 is 25.5 Å². The maximum Gasteiger partial charge on any atom is 0.203 e. The van der Waals surface area contributed by atoms with Gasteiger partial charge >= 0.3 is 0 Å². The fraction of sp³-hybridized carbons (Fsp3) is 0.371. The van der Waals surface area contributed by atoms with E-state index < -0.39 is 17.2 Å². The number of fused-ring (bicyclic) bond motifs is 2. The molecule has 3 aromatic heterocycles. The molecule has 2 aromatic carbocycles. The van der Waals surface area contributed by atoms with Crippen molar-refractivity contribution in [3.8, 4) is 51.0 Å². The summed E-state index contributed by atoms with van der Waals surface area (Å²) in [6, 6.07) is 8.52. The summed E-state index contributed by atoms with van der Waals surface area (Å²) in [6.45, 7) is 6.24. The monoisotopic (exact) mass is 596 g/mol. The van der Waals surface area contributed by atoms with E-state index in [1.54, 1.807) is 24.4 Å². The highest BCUT2D eigenvalue weighted by molar-refractivity contribution is 6.09. The first-order valence-electron chi connectivity index (χ1n) is 15.6. The summed E-state index contributed by atoms with van der Waals surface area (Å²) in [4.78, 5) is 11.2. The Hall–Kier alpha value is -4.50. The number of rotatable bonds is 6. The molecule has 4 heterocycles. The Balaban J connectivity index is 1.43. The zero-order chi connectivity index (χ0) is 30.8. The molecule has 5 N–H and O–H groups in total. The number of nitrogens with zero attached hydrogens (tertiary/aromatic N) is 4. The first-order valence-corrected chi connectivity index (χ1v) is 15.6. The van der Waals surface area contributed by atoms with Crippen molar-refractivity contribution in [2.75, 3.05) is 19.6 Å². The van der Waals surface area contributed by atoms with E-state index in [-0.39, 0.29) is 22.5 Å². The number of aryl methyl sites for hydroxylation is 1. The molecular weight excluding hydrogens is 556 g/mol. The van der Waals surface area contributed by atoms with Crippen LogP contribution in [0, 0.1) is 5.92 Å². The first kappa shape index (κ1) is 29.6. The predicted octanol–water partition coefficient (Wildman–Crippen LogP) is 7.13. The fourth-order valence-electron chi connectivity index (χ4n) is 6.69. The molecule has 0 unspecified atom stereocenters. The molecule has 1 saturated heterocycles. The van der Waals surface area contributed by atoms with Crippen molar-refractivity contribution in [1.29, 1.82) is 0 Å². The molecule has 0 radical (unpaired) electrons. The third-order valence-corrected chi connectivity index (χ3v) is 8.90. The quantitative estimate of drug-likeness (QED) is 0.131. The van der Waals surface area contributed by atoms with Gasteiger partial charge in [-0.2, -0.15) is 0 Å². The minimum absolute atomic E-state index is 0.162. The molecule has 230 valence electrons. The van der Waals surface area contributed by atoms with E-state index in [1.807, 2.05) is 18.5 Å². The summed E-state index contributed by atoms with van der Waals surface area (Å²) in [5.41, 5.74) is 2.57. The largest absolute Gasteiger partial charge is 0.504 e. The molecule has 6 rings (SSSR count). The topological polar surface area (TPSA) is 135 Å². The van der Waals surface area contributed by atoms with Gasteiger partial charge in [-0.1, -0.05) is 44.7 Å². The second-order valence-electron chi connectivity index (χ2n) is 12.2. The standard InChI is InChI=1S/C35H40N4O5/c1-22-10-5-3-2-4-6-15-38(19-22)16-9-17-39-20-26(25-18-28(40)32(41)30-23(25)11-7-13-36-30)27(21-39)29-24-12-8-14-37-31(24)34(43)35(44)33(29)42/h7-8,11-14,18,20-22,40-44H,2-6,9-10,15-17,19H2,1H3/t22-/m0/s1. The Morgan fingerprint density at radius 1 is 0.727 bits per heavy atom. The van der Waals surface area contributed by atoms with Crippen LogP contribution in [0.3, 0.4) is 0 Å². The van der Waals surface area contributed by atoms with Gasteiger partial charge in [-0.15, -0.1) is 0 Å². The van der Waals surface area contributed by atoms with Crippen LogP contribution in [0.4, 0.5) is 0 Å². The van der Waals surface area contributed by atoms with Crippen molar-refractivity contribution in [1.82, 2.24) is 19.4 Å². The van der Waals surface area contributed by atoms with Crippen molar-refractivity contribution >= 4 is 21.8 Å². The number of phenols is 5. The van der Waals surface area contributed by atoms with Crippen LogP contribution in [-0.4, -0.2) is 64.6 Å². The number of pyridine rings is 2. The molecule has 0 amide bonds. The number of aromatic nitrogens is 3. The molecule has 9 heteroatoms. The van der Waals surface area contributed by atoms with Crippen LogP contribution in [0.5, 0.6) is 28.7 Å². The van der Waals surface area contributed by atoms with E-state index in [0.29, 0.717) is 45.5 Å². The maximum atomic E-state index is 11.2. The third-order valence-electron chi connectivity index (χ3n) is 8.90. The van der Waals surface area contributed by atoms with Gasteiger partial charge in [0.25, 0.3) is 0 Å². The third kappa shape index (κ3) is 5.71. The zero-order valence-electron chi connectivity index (χ0n) is 25.1. The van der Waals surface area contributed by atoms with Crippen LogP contribution < -0.4 is 0 Å². The summed E-state index contributed by atoms with van der Waals surface area (Å²) >= 11 is 0. The molecule has 9 nitrogen and oxygen atoms in total. The lowest BCUT2D eigenvalue weighted by molar-refractivity contribution is 0.214. The van der Waals surface area contributed by atoms with Crippen LogP contribution in [0.1, 0.15) is 51.9 Å². The predicted molar refractivity (Wildman–Crippen MR) is 172 cm³/mol. The first-order chi connectivity index (χ1) is 21.3. The van der Waals surface area contributed by atoms with E-state index in [0.717, 1.165) is 26.1 Å². The number of benzene rings is 2. The molecule has 5 aromatic rings. The minimum atomic E-state index is -0.650. The molecule has 44 heavy (non-hydrogen) atoms. The fourth-order valence-corrected chi connectivity index (χ4v) is 6.69. The number of aromatic hydroxyl groups is 5. The molecule has 0 saturated carbocycles. The number of hydrogen-bond acceptors (Lipinski definition) is 8. The highest BCUT2D eigenvalue weighted by Gasteiger charge is 2.25. The van der Waals surface area contributed by atoms with Gasteiger partial charge in [-0.25, -0.2) is 0 Å². The van der Waals surface area contributed by atoms with Crippen LogP contribution >= 0.6 is 0 Å². The lowest BCUT2D eigenvalue weighted by atomic mass is 9.92. The Kier molecular flexibility index (Phi) is 8.48. The van der Waals surface area contributed by atoms with Crippen molar-refractivity contribution in [3.63, 3.8) is 0 Å². The van der Waals surface area contributed by atoms with E-state index in [1.165, 1.54) is 50.8 Å². The molecule has 0 spiro atoms. The summed E-state index contributed by atoms with van der Waals surface area (Å²) in [5, 5.41) is 54.9. The second kappa shape index (κ2) is 12.6. The SMILES string of the molecule is C[C@H]1CCCCCCCN(CCCn2cc(-c3cc(O)c(O)c4ncccc34)c(-c3c(O)c(O)c(O)c4ncccc34)c2)C1. The molecule has 0 bridgehead atoms. The summed E-state index contributed by atoms with van der Waals surface area (Å²) < 4.78 is 2.06. The summed E-state index contributed by atoms with van der Waals surface area (Å²) in [5.74, 6) is -1.55. The minimum Gasteiger partial charge on any atom is -0.504 e. The second-order valence-corrected chi connectivity index (χ2v) is 12.2. The highest BCUT2D eigenvalue weighted by Crippen LogP contribution is 2.51. The normalized spacial score (nSPS) is 16.9. The van der Waals surface area contributed by atoms with Gasteiger partial charge < -0.3 is 35.0 Å². The Labute approximate surface area is 256 Å². The van der Waals surface area contributed by atoms with E-state index in [2.05, 4.69) is 26.4 Å². The summed E-state index contributed by atoms with van der Waals surface area (Å²) in [6.07, 6.45) is 15.6. The number of phenolic OH excluding ortho intramolecular Hbond substituents is 5. The van der Waals surface area contributed by atoms with Gasteiger partial charge in [0.2, 0.25) is 5.75 Å². The molecule has 1 aliphatic rings.